The highest BCUT2D eigenvalue weighted by atomic mass is 35.5. The highest BCUT2D eigenvalue weighted by Crippen LogP contribution is 2.14. The van der Waals surface area contributed by atoms with Crippen LogP contribution in [0.2, 0.25) is 0 Å². The lowest BCUT2D eigenvalue weighted by Gasteiger charge is -2.33. The van der Waals surface area contributed by atoms with Gasteiger partial charge >= 0.3 is 0 Å². The molecule has 0 aromatic heterocycles. The van der Waals surface area contributed by atoms with Gasteiger partial charge in [0.2, 0.25) is 5.91 Å². The minimum absolute atomic E-state index is 0. The summed E-state index contributed by atoms with van der Waals surface area (Å²) in [5, 5.41) is 6.45. The third-order valence-electron chi connectivity index (χ3n) is 4.70. The second-order valence-corrected chi connectivity index (χ2v) is 6.67. The van der Waals surface area contributed by atoms with Gasteiger partial charge < -0.3 is 15.4 Å². The van der Waals surface area contributed by atoms with E-state index in [9.17, 15) is 9.18 Å². The maximum atomic E-state index is 12.9. The van der Waals surface area contributed by atoms with Crippen LogP contribution in [0.3, 0.4) is 0 Å². The predicted molar refractivity (Wildman–Crippen MR) is 105 cm³/mol. The van der Waals surface area contributed by atoms with E-state index in [1.54, 1.807) is 0 Å². The summed E-state index contributed by atoms with van der Waals surface area (Å²) in [6.45, 7) is 4.90. The van der Waals surface area contributed by atoms with E-state index in [0.717, 1.165) is 51.2 Å². The highest BCUT2D eigenvalue weighted by Gasteiger charge is 2.23. The summed E-state index contributed by atoms with van der Waals surface area (Å²) in [7, 11) is 0. The van der Waals surface area contributed by atoms with Crippen molar-refractivity contribution in [1.82, 2.24) is 15.5 Å². The third kappa shape index (κ3) is 7.37. The summed E-state index contributed by atoms with van der Waals surface area (Å²) in [6.07, 6.45) is 2.40. The van der Waals surface area contributed by atoms with Gasteiger partial charge in [0.1, 0.15) is 5.82 Å². The minimum atomic E-state index is -0.196. The van der Waals surface area contributed by atoms with E-state index in [1.165, 1.54) is 12.1 Å². The van der Waals surface area contributed by atoms with Gasteiger partial charge in [-0.2, -0.15) is 0 Å². The number of carbonyl (C=O) groups excluding carboxylic acids is 1. The minimum Gasteiger partial charge on any atom is -0.378 e. The standard InChI is InChI=1S/C18H26FN3O2.2ClH/c19-15-3-1-14(2-4-15)12-22-8-5-16(6-9-22)21-18(23)11-17-13-24-10-7-20-17;;/h1-4,16-17,20H,5-13H2,(H,21,23);2*1H. The normalized spacial score (nSPS) is 21.3. The van der Waals surface area contributed by atoms with E-state index in [1.807, 2.05) is 12.1 Å². The number of halogens is 3. The zero-order valence-corrected chi connectivity index (χ0v) is 16.4. The summed E-state index contributed by atoms with van der Waals surface area (Å²) in [6, 6.07) is 7.07. The van der Waals surface area contributed by atoms with Gasteiger partial charge in [-0.1, -0.05) is 12.1 Å². The van der Waals surface area contributed by atoms with Gasteiger partial charge in [0.05, 0.1) is 13.2 Å². The molecule has 0 spiro atoms. The van der Waals surface area contributed by atoms with Gasteiger partial charge in [-0.3, -0.25) is 9.69 Å². The smallest absolute Gasteiger partial charge is 0.221 e. The lowest BCUT2D eigenvalue weighted by molar-refractivity contribution is -0.123. The van der Waals surface area contributed by atoms with E-state index in [4.69, 9.17) is 4.74 Å². The molecule has 148 valence electrons. The molecule has 0 radical (unpaired) electrons. The van der Waals surface area contributed by atoms with Crippen LogP contribution in [0.25, 0.3) is 0 Å². The van der Waals surface area contributed by atoms with Crippen LogP contribution >= 0.6 is 24.8 Å². The van der Waals surface area contributed by atoms with Crippen molar-refractivity contribution in [2.75, 3.05) is 32.8 Å². The van der Waals surface area contributed by atoms with Crippen LogP contribution < -0.4 is 10.6 Å². The molecule has 5 nitrogen and oxygen atoms in total. The molecular weight excluding hydrogens is 380 g/mol. The van der Waals surface area contributed by atoms with Crippen molar-refractivity contribution in [2.45, 2.75) is 37.9 Å². The molecule has 2 aliphatic rings. The predicted octanol–water partition coefficient (Wildman–Crippen LogP) is 2.13. The Morgan fingerprint density at radius 3 is 2.54 bits per heavy atom. The fraction of sp³-hybridized carbons (Fsp3) is 0.611. The third-order valence-corrected chi connectivity index (χ3v) is 4.70. The van der Waals surface area contributed by atoms with Crippen LogP contribution in [-0.2, 0) is 16.1 Å². The Kier molecular flexibility index (Phi) is 10.4. The molecule has 2 aliphatic heterocycles. The van der Waals surface area contributed by atoms with Gasteiger partial charge in [0, 0.05) is 44.7 Å². The molecule has 2 N–H and O–H groups in total. The molecule has 0 saturated carbocycles. The van der Waals surface area contributed by atoms with Gasteiger partial charge in [-0.15, -0.1) is 24.8 Å². The molecule has 1 atom stereocenters. The van der Waals surface area contributed by atoms with E-state index >= 15 is 0 Å². The summed E-state index contributed by atoms with van der Waals surface area (Å²) >= 11 is 0. The van der Waals surface area contributed by atoms with Gasteiger partial charge in [0.15, 0.2) is 0 Å². The highest BCUT2D eigenvalue weighted by molar-refractivity contribution is 5.85. The molecular formula is C18H28Cl2FN3O2. The number of nitrogens with one attached hydrogen (secondary N) is 2. The Morgan fingerprint density at radius 1 is 1.23 bits per heavy atom. The monoisotopic (exact) mass is 407 g/mol. The van der Waals surface area contributed by atoms with Crippen LogP contribution in [0.15, 0.2) is 24.3 Å². The topological polar surface area (TPSA) is 53.6 Å². The first-order valence-corrected chi connectivity index (χ1v) is 8.76. The van der Waals surface area contributed by atoms with Gasteiger partial charge in [-0.25, -0.2) is 4.39 Å². The van der Waals surface area contributed by atoms with Gasteiger partial charge in [0.25, 0.3) is 0 Å². The molecule has 1 aromatic rings. The average molecular weight is 408 g/mol. The Balaban J connectivity index is 0.00000169. The van der Waals surface area contributed by atoms with Crippen LogP contribution in [0.4, 0.5) is 4.39 Å². The van der Waals surface area contributed by atoms with Crippen molar-refractivity contribution >= 4 is 30.7 Å². The Bertz CT molecular complexity index is 534. The Hall–Kier alpha value is -0.920. The summed E-state index contributed by atoms with van der Waals surface area (Å²) in [5.41, 5.74) is 1.13. The molecule has 1 amide bonds. The number of amides is 1. The van der Waals surface area contributed by atoms with Crippen LogP contribution in [-0.4, -0.2) is 55.7 Å². The van der Waals surface area contributed by atoms with E-state index < -0.39 is 0 Å². The molecule has 8 heteroatoms. The number of carbonyl (C=O) groups is 1. The first-order valence-electron chi connectivity index (χ1n) is 8.76. The SMILES string of the molecule is Cl.Cl.O=C(CC1COCCN1)NC1CCN(Cc2ccc(F)cc2)CC1. The summed E-state index contributed by atoms with van der Waals surface area (Å²) < 4.78 is 18.3. The molecule has 1 unspecified atom stereocenters. The molecule has 2 heterocycles. The van der Waals surface area contributed by atoms with E-state index in [2.05, 4.69) is 15.5 Å². The number of morpholine rings is 1. The van der Waals surface area contributed by atoms with Crippen molar-refractivity contribution in [2.24, 2.45) is 0 Å². The largest absolute Gasteiger partial charge is 0.378 e. The number of piperidine rings is 1. The van der Waals surface area contributed by atoms with Crippen LogP contribution in [0.5, 0.6) is 0 Å². The number of hydrogen-bond acceptors (Lipinski definition) is 4. The lowest BCUT2D eigenvalue weighted by atomic mass is 10.0. The van der Waals surface area contributed by atoms with E-state index in [-0.39, 0.29) is 48.6 Å². The molecule has 26 heavy (non-hydrogen) atoms. The fourth-order valence-electron chi connectivity index (χ4n) is 3.34. The number of benzene rings is 1. The lowest BCUT2D eigenvalue weighted by Crippen LogP contribution is -2.48. The zero-order valence-electron chi connectivity index (χ0n) is 14.8. The quantitative estimate of drug-likeness (QED) is 0.784. The Labute approximate surface area is 166 Å². The summed E-state index contributed by atoms with van der Waals surface area (Å²) in [5.74, 6) is -0.0898. The second-order valence-electron chi connectivity index (χ2n) is 6.67. The zero-order chi connectivity index (χ0) is 16.8. The van der Waals surface area contributed by atoms with Crippen molar-refractivity contribution in [3.05, 3.63) is 35.6 Å². The number of hydrogen-bond donors (Lipinski definition) is 2. The average Bonchev–Trinajstić information content (AvgIpc) is 2.59. The first-order chi connectivity index (χ1) is 11.7. The van der Waals surface area contributed by atoms with Crippen LogP contribution in [0.1, 0.15) is 24.8 Å². The molecule has 2 fully saturated rings. The Morgan fingerprint density at radius 2 is 1.92 bits per heavy atom. The molecule has 0 aliphatic carbocycles. The molecule has 2 saturated heterocycles. The second kappa shape index (κ2) is 11.7. The fourth-order valence-corrected chi connectivity index (χ4v) is 3.34. The number of ether oxygens (including phenoxy) is 1. The van der Waals surface area contributed by atoms with Crippen molar-refractivity contribution < 1.29 is 13.9 Å². The van der Waals surface area contributed by atoms with Crippen molar-refractivity contribution in [3.63, 3.8) is 0 Å². The molecule has 1 aromatic carbocycles. The number of likely N-dealkylation sites (tertiary alicyclic amines) is 1. The maximum absolute atomic E-state index is 12.9. The van der Waals surface area contributed by atoms with E-state index in [0.29, 0.717) is 13.0 Å². The van der Waals surface area contributed by atoms with Crippen molar-refractivity contribution in [1.29, 1.82) is 0 Å². The summed E-state index contributed by atoms with van der Waals surface area (Å²) in [4.78, 5) is 14.5. The number of nitrogens with zero attached hydrogens (tertiary/aromatic N) is 1. The molecule has 0 bridgehead atoms. The van der Waals surface area contributed by atoms with Gasteiger partial charge in [-0.05, 0) is 30.5 Å². The van der Waals surface area contributed by atoms with Crippen molar-refractivity contribution in [3.8, 4) is 0 Å². The molecule has 3 rings (SSSR count). The first kappa shape index (κ1) is 23.1. The number of rotatable bonds is 5. The maximum Gasteiger partial charge on any atom is 0.221 e. The van der Waals surface area contributed by atoms with Crippen LogP contribution in [0, 0.1) is 5.82 Å².